The van der Waals surface area contributed by atoms with E-state index in [0.717, 1.165) is 138 Å². The minimum atomic E-state index is -0.223. The van der Waals surface area contributed by atoms with E-state index in [4.69, 9.17) is 18.0 Å². The topological polar surface area (TPSA) is 109 Å². The molecule has 0 spiro atoms. The number of nitrogen functional groups attached to an aromatic ring is 2. The van der Waals surface area contributed by atoms with E-state index in [-0.39, 0.29) is 11.5 Å². The summed E-state index contributed by atoms with van der Waals surface area (Å²) in [6.07, 6.45) is 8.43. The first kappa shape index (κ1) is 39.9. The highest BCUT2D eigenvalue weighted by atomic mass is 16.3. The minimum Gasteiger partial charge on any atom is -0.872 e. The summed E-state index contributed by atoms with van der Waals surface area (Å²) >= 11 is 0. The number of hydrogen-bond acceptors (Lipinski definition) is 5. The van der Waals surface area contributed by atoms with Crippen LogP contribution in [0.4, 0.5) is 17.1 Å². The Morgan fingerprint density at radius 3 is 1.60 bits per heavy atom. The van der Waals surface area contributed by atoms with Gasteiger partial charge in [-0.25, -0.2) is 14.7 Å². The number of fused-ring (bicyclic) bond motifs is 4. The van der Waals surface area contributed by atoms with Crippen molar-refractivity contribution in [3.05, 3.63) is 147 Å². The van der Waals surface area contributed by atoms with Gasteiger partial charge < -0.3 is 21.5 Å². The quantitative estimate of drug-likeness (QED) is 0.0377. The lowest BCUT2D eigenvalue weighted by atomic mass is 9.69. The van der Waals surface area contributed by atoms with Crippen LogP contribution >= 0.6 is 0 Å². The van der Waals surface area contributed by atoms with Crippen LogP contribution in [0, 0.1) is 17.9 Å². The molecule has 294 valence electrons. The average Bonchev–Trinajstić information content (AvgIpc) is 3.24. The third-order valence-electron chi connectivity index (χ3n) is 11.8. The van der Waals surface area contributed by atoms with Crippen molar-refractivity contribution in [3.63, 3.8) is 0 Å². The fraction of sp³-hybridized carbons (Fsp3) is 0.314. The normalized spacial score (nSPS) is 14.2. The van der Waals surface area contributed by atoms with Crippen molar-refractivity contribution in [1.29, 1.82) is 5.26 Å². The predicted octanol–water partition coefficient (Wildman–Crippen LogP) is 10.6. The molecule has 0 heterocycles. The molecule has 0 amide bonds. The molecule has 2 aliphatic rings. The summed E-state index contributed by atoms with van der Waals surface area (Å²) in [5.74, 6) is -0.223. The molecule has 2 aliphatic carbocycles. The van der Waals surface area contributed by atoms with Crippen LogP contribution in [0.2, 0.25) is 0 Å². The molecular weight excluding hydrogens is 713 g/mol. The Bertz CT molecular complexity index is 2480. The number of rotatable bonds is 14. The van der Waals surface area contributed by atoms with Gasteiger partial charge in [0.15, 0.2) is 0 Å². The second kappa shape index (κ2) is 17.5. The largest absolute Gasteiger partial charge is 0.872 e. The van der Waals surface area contributed by atoms with Gasteiger partial charge in [-0.1, -0.05) is 120 Å². The number of nitrogens with two attached hydrogens (primary N) is 2. The standard InChI is InChI=1S/C51H54N6O/c1-6-10-28-56(29-11-7-2)49-35-22-16-14-20-33(35)42(34-21-15-17-23-36(34)49)47-45(41(32-52)55-5)48(51(47)58)46-43-37(24-18-26-39(43)53)50(38-25-19-27-40(54)44(38)46)57(30-12-8-3)31-13-9-4/h14-27H,6-13,28-31,53-54H2,1-4H3/b45-41+. The molecule has 0 fully saturated rings. The minimum absolute atomic E-state index is 0.128. The van der Waals surface area contributed by atoms with E-state index in [2.05, 4.69) is 96.6 Å². The Labute approximate surface area is 343 Å². The van der Waals surface area contributed by atoms with E-state index in [1.807, 2.05) is 36.4 Å². The fourth-order valence-electron chi connectivity index (χ4n) is 9.00. The smallest absolute Gasteiger partial charge is 0.270 e. The molecule has 4 N–H and O–H groups in total. The molecule has 0 unspecified atom stereocenters. The number of unbranched alkanes of at least 4 members (excludes halogenated alkanes) is 4. The predicted molar refractivity (Wildman–Crippen MR) is 240 cm³/mol. The number of anilines is 3. The van der Waals surface area contributed by atoms with Crippen molar-refractivity contribution in [3.8, 4) is 6.07 Å². The van der Waals surface area contributed by atoms with Gasteiger partial charge in [-0.2, -0.15) is 0 Å². The molecular formula is C51H54N6O. The van der Waals surface area contributed by atoms with E-state index in [1.165, 1.54) is 0 Å². The Kier molecular flexibility index (Phi) is 12.0. The van der Waals surface area contributed by atoms with Crippen molar-refractivity contribution in [2.24, 2.45) is 0 Å². The van der Waals surface area contributed by atoms with Gasteiger partial charge in [0.05, 0.1) is 29.5 Å². The van der Waals surface area contributed by atoms with E-state index in [9.17, 15) is 5.26 Å². The lowest BCUT2D eigenvalue weighted by Gasteiger charge is -2.41. The van der Waals surface area contributed by atoms with E-state index >= 15 is 5.11 Å². The molecule has 7 nitrogen and oxygen atoms in total. The Morgan fingerprint density at radius 2 is 1.16 bits per heavy atom. The molecule has 0 aliphatic heterocycles. The van der Waals surface area contributed by atoms with Crippen LogP contribution in [0.3, 0.4) is 0 Å². The highest BCUT2D eigenvalue weighted by Gasteiger charge is 2.39. The van der Waals surface area contributed by atoms with Crippen molar-refractivity contribution < 1.29 is 9.68 Å². The summed E-state index contributed by atoms with van der Waals surface area (Å²) in [6.45, 7) is 20.7. The van der Waals surface area contributed by atoms with E-state index in [1.54, 1.807) is 0 Å². The lowest BCUT2D eigenvalue weighted by molar-refractivity contribution is -0.528. The van der Waals surface area contributed by atoms with Gasteiger partial charge in [-0.15, -0.1) is 0 Å². The number of nitrogens with zero attached hydrogens (tertiary/aromatic N) is 4. The van der Waals surface area contributed by atoms with E-state index < -0.39 is 0 Å². The van der Waals surface area contributed by atoms with E-state index in [0.29, 0.717) is 33.7 Å². The fourth-order valence-corrected chi connectivity index (χ4v) is 9.00. The van der Waals surface area contributed by atoms with Gasteiger partial charge >= 0.3 is 0 Å². The highest BCUT2D eigenvalue weighted by Crippen LogP contribution is 2.56. The molecule has 0 saturated heterocycles. The van der Waals surface area contributed by atoms with Gasteiger partial charge in [0.25, 0.3) is 5.70 Å². The highest BCUT2D eigenvalue weighted by molar-refractivity contribution is 6.28. The Hall–Kier alpha value is -6.31. The van der Waals surface area contributed by atoms with Crippen LogP contribution in [0.25, 0.3) is 37.5 Å². The molecule has 0 bridgehead atoms. The zero-order valence-corrected chi connectivity index (χ0v) is 34.4. The van der Waals surface area contributed by atoms with Crippen molar-refractivity contribution in [2.75, 3.05) is 42.5 Å². The summed E-state index contributed by atoms with van der Waals surface area (Å²) < 4.78 is 2.51. The van der Waals surface area contributed by atoms with Crippen LogP contribution in [-0.2, 0) is 0 Å². The first-order valence-electron chi connectivity index (χ1n) is 21.1. The zero-order valence-electron chi connectivity index (χ0n) is 34.4. The second-order valence-electron chi connectivity index (χ2n) is 15.5. The number of hydrogen-bond donors (Lipinski definition) is 2. The SMILES string of the molecule is [C-]#[N+]/C(C#N)=C1\C(=C2c3ccccc3C(=[N+](CCCC)CCCC)c3ccccc32)C([O-])=C1c1c2c(N)cccc2c(N(CCCC)CCCC)c2cccc(N)c12. The molecule has 0 saturated carbocycles. The maximum absolute atomic E-state index is 15.5. The molecule has 0 aromatic heterocycles. The number of benzene rings is 5. The van der Waals surface area contributed by atoms with Gasteiger partial charge in [0.1, 0.15) is 13.1 Å². The van der Waals surface area contributed by atoms with Crippen molar-refractivity contribution in [2.45, 2.75) is 79.1 Å². The van der Waals surface area contributed by atoms with Crippen molar-refractivity contribution >= 4 is 55.5 Å². The van der Waals surface area contributed by atoms with Crippen LogP contribution < -0.4 is 21.5 Å². The summed E-state index contributed by atoms with van der Waals surface area (Å²) in [5.41, 5.74) is 23.4. The number of nitriles is 1. The molecule has 7 heteroatoms. The summed E-state index contributed by atoms with van der Waals surface area (Å²) in [7, 11) is 0. The second-order valence-corrected chi connectivity index (χ2v) is 15.5. The van der Waals surface area contributed by atoms with Crippen LogP contribution in [-0.4, -0.2) is 36.5 Å². The van der Waals surface area contributed by atoms with Gasteiger partial charge in [0, 0.05) is 70.0 Å². The van der Waals surface area contributed by atoms with Crippen LogP contribution in [0.5, 0.6) is 0 Å². The molecule has 5 aromatic carbocycles. The van der Waals surface area contributed by atoms with Crippen LogP contribution in [0.1, 0.15) is 107 Å². The van der Waals surface area contributed by atoms with Crippen LogP contribution in [0.15, 0.2) is 108 Å². The van der Waals surface area contributed by atoms with Crippen molar-refractivity contribution in [1.82, 2.24) is 0 Å². The molecule has 0 radical (unpaired) electrons. The van der Waals surface area contributed by atoms with Gasteiger partial charge in [0.2, 0.25) is 5.71 Å². The summed E-state index contributed by atoms with van der Waals surface area (Å²) in [6, 6.07) is 30.6. The molecule has 7 rings (SSSR count). The average molecular weight is 767 g/mol. The Morgan fingerprint density at radius 1 is 0.672 bits per heavy atom. The molecule has 0 atom stereocenters. The first-order valence-corrected chi connectivity index (χ1v) is 21.1. The maximum Gasteiger partial charge on any atom is 0.270 e. The third-order valence-corrected chi connectivity index (χ3v) is 11.8. The first-order chi connectivity index (χ1) is 28.4. The summed E-state index contributed by atoms with van der Waals surface area (Å²) in [4.78, 5) is 6.25. The number of allylic oxidation sites excluding steroid dienone is 3. The maximum atomic E-state index is 15.5. The summed E-state index contributed by atoms with van der Waals surface area (Å²) in [5, 5.41) is 29.5. The van der Waals surface area contributed by atoms with Gasteiger partial charge in [-0.05, 0) is 65.0 Å². The van der Waals surface area contributed by atoms with Gasteiger partial charge in [-0.3, -0.25) is 0 Å². The molecule has 58 heavy (non-hydrogen) atoms. The third kappa shape index (κ3) is 6.79. The zero-order chi connectivity index (χ0) is 40.9. The molecule has 5 aromatic rings. The monoisotopic (exact) mass is 766 g/mol. The Balaban J connectivity index is 1.62. The lowest BCUT2D eigenvalue weighted by Crippen LogP contribution is -2.31.